The second-order valence-electron chi connectivity index (χ2n) is 10.7. The number of carboxylic acid groups (broad SMARTS) is 1. The van der Waals surface area contributed by atoms with E-state index >= 15 is 0 Å². The van der Waals surface area contributed by atoms with Gasteiger partial charge in [0.25, 0.3) is 0 Å². The molecule has 1 unspecified atom stereocenters. The van der Waals surface area contributed by atoms with E-state index in [1.165, 1.54) is 5.57 Å². The van der Waals surface area contributed by atoms with Crippen molar-refractivity contribution >= 4 is 28.9 Å². The van der Waals surface area contributed by atoms with Gasteiger partial charge in [-0.2, -0.15) is 0 Å². The van der Waals surface area contributed by atoms with Crippen LogP contribution in [0.1, 0.15) is 87.2 Å². The lowest BCUT2D eigenvalue weighted by Gasteiger charge is -2.41. The summed E-state index contributed by atoms with van der Waals surface area (Å²) in [6.07, 6.45) is 7.37. The number of carbonyl (C=O) groups excluding carboxylic acids is 1. The van der Waals surface area contributed by atoms with Gasteiger partial charge in [0.15, 0.2) is 5.79 Å². The Labute approximate surface area is 206 Å². The molecule has 1 atom stereocenters. The predicted molar refractivity (Wildman–Crippen MR) is 133 cm³/mol. The fourth-order valence-corrected chi connectivity index (χ4v) is 5.83. The van der Waals surface area contributed by atoms with Crippen molar-refractivity contribution in [3.8, 4) is 11.8 Å². The minimum Gasteiger partial charge on any atom is -0.477 e. The van der Waals surface area contributed by atoms with E-state index in [-0.39, 0.29) is 28.2 Å². The Morgan fingerprint density at radius 1 is 1.18 bits per heavy atom. The van der Waals surface area contributed by atoms with E-state index in [2.05, 4.69) is 24.8 Å². The molecule has 7 heteroatoms. The first-order valence-electron chi connectivity index (χ1n) is 12.2. The van der Waals surface area contributed by atoms with Crippen molar-refractivity contribution in [2.24, 2.45) is 11.3 Å². The van der Waals surface area contributed by atoms with Gasteiger partial charge in [-0.1, -0.05) is 23.5 Å². The number of rotatable bonds is 4. The molecule has 4 rings (SSSR count). The fourth-order valence-electron chi connectivity index (χ4n) is 4.99. The molecule has 0 aromatic carbocycles. The van der Waals surface area contributed by atoms with Crippen molar-refractivity contribution in [2.45, 2.75) is 84.5 Å². The van der Waals surface area contributed by atoms with Crippen LogP contribution in [0.15, 0.2) is 17.7 Å². The summed E-state index contributed by atoms with van der Waals surface area (Å²) in [6, 6.07) is 1.72. The van der Waals surface area contributed by atoms with Crippen molar-refractivity contribution in [2.75, 3.05) is 18.1 Å². The molecular weight excluding hydrogens is 450 g/mol. The van der Waals surface area contributed by atoms with Gasteiger partial charge in [0.2, 0.25) is 5.91 Å². The zero-order valence-corrected chi connectivity index (χ0v) is 21.4. The highest BCUT2D eigenvalue weighted by atomic mass is 32.1. The summed E-state index contributed by atoms with van der Waals surface area (Å²) in [6.45, 7) is 9.36. The number of ether oxygens (including phenoxy) is 2. The Hall–Kier alpha value is -2.14. The molecule has 2 aliphatic carbocycles. The largest absolute Gasteiger partial charge is 0.477 e. The Morgan fingerprint density at radius 2 is 1.85 bits per heavy atom. The summed E-state index contributed by atoms with van der Waals surface area (Å²) in [4.78, 5) is 28.8. The Morgan fingerprint density at radius 3 is 2.41 bits per heavy atom. The third-order valence-electron chi connectivity index (χ3n) is 6.85. The van der Waals surface area contributed by atoms with Crippen molar-refractivity contribution in [1.82, 2.24) is 0 Å². The number of hydrogen-bond donors (Lipinski definition) is 1. The van der Waals surface area contributed by atoms with Gasteiger partial charge in [-0.25, -0.2) is 4.79 Å². The van der Waals surface area contributed by atoms with E-state index in [0.29, 0.717) is 55.9 Å². The van der Waals surface area contributed by atoms with Crippen LogP contribution in [-0.2, 0) is 14.3 Å². The lowest BCUT2D eigenvalue weighted by molar-refractivity contribution is -0.179. The molecule has 1 aliphatic heterocycles. The standard InChI is InChI=1S/C27H35NO5S/c1-18-5-7-19(8-6-18)24(29)28(20-9-13-27(14-10-20)32-15-16-33-27)22-17-21(11-12-26(2,3)4)34-23(22)25(30)31/h5,17,19-20H,6-10,13-16H2,1-4H3,(H,30,31). The van der Waals surface area contributed by atoms with Crippen LogP contribution in [0.4, 0.5) is 5.69 Å². The van der Waals surface area contributed by atoms with Gasteiger partial charge in [0.1, 0.15) is 4.88 Å². The van der Waals surface area contributed by atoms with E-state index in [1.807, 2.05) is 26.8 Å². The molecule has 2 heterocycles. The Balaban J connectivity index is 1.69. The summed E-state index contributed by atoms with van der Waals surface area (Å²) >= 11 is 1.16. The lowest BCUT2D eigenvalue weighted by atomic mass is 9.85. The molecular formula is C27H35NO5S. The number of hydrogen-bond acceptors (Lipinski definition) is 5. The van der Waals surface area contributed by atoms with Gasteiger partial charge in [0.05, 0.1) is 23.8 Å². The smallest absolute Gasteiger partial charge is 0.348 e. The van der Waals surface area contributed by atoms with Gasteiger partial charge in [-0.3, -0.25) is 4.79 Å². The number of thiophene rings is 1. The van der Waals surface area contributed by atoms with Crippen LogP contribution < -0.4 is 4.90 Å². The van der Waals surface area contributed by atoms with Crippen molar-refractivity contribution in [3.05, 3.63) is 27.5 Å². The van der Waals surface area contributed by atoms with Crippen molar-refractivity contribution < 1.29 is 24.2 Å². The summed E-state index contributed by atoms with van der Waals surface area (Å²) in [5, 5.41) is 10.0. The lowest BCUT2D eigenvalue weighted by Crippen LogP contribution is -2.49. The first-order chi connectivity index (χ1) is 16.1. The van der Waals surface area contributed by atoms with E-state index in [0.717, 1.165) is 24.2 Å². The van der Waals surface area contributed by atoms with Crippen LogP contribution >= 0.6 is 11.3 Å². The van der Waals surface area contributed by atoms with E-state index in [4.69, 9.17) is 9.47 Å². The fraction of sp³-hybridized carbons (Fsp3) is 0.630. The predicted octanol–water partition coefficient (Wildman–Crippen LogP) is 5.61. The Bertz CT molecular complexity index is 1020. The highest BCUT2D eigenvalue weighted by Gasteiger charge is 2.44. The average Bonchev–Trinajstić information content (AvgIpc) is 3.41. The van der Waals surface area contributed by atoms with E-state index in [1.54, 1.807) is 4.90 Å². The number of aromatic carboxylic acids is 1. The minimum atomic E-state index is -1.02. The second-order valence-corrected chi connectivity index (χ2v) is 11.8. The van der Waals surface area contributed by atoms with Gasteiger partial charge in [0, 0.05) is 30.2 Å². The number of carbonyl (C=O) groups is 2. The first kappa shape index (κ1) is 25.0. The Kier molecular flexibility index (Phi) is 7.23. The molecule has 184 valence electrons. The van der Waals surface area contributed by atoms with Gasteiger partial charge >= 0.3 is 5.97 Å². The molecule has 1 amide bonds. The SMILES string of the molecule is CC1=CCC(C(=O)N(c2cc(C#CC(C)(C)C)sc2C(=O)O)C2CCC3(CC2)OCCO3)CC1. The van der Waals surface area contributed by atoms with Crippen LogP contribution in [0.25, 0.3) is 0 Å². The summed E-state index contributed by atoms with van der Waals surface area (Å²) < 4.78 is 11.8. The minimum absolute atomic E-state index is 0.0218. The highest BCUT2D eigenvalue weighted by molar-refractivity contribution is 7.15. The maximum Gasteiger partial charge on any atom is 0.348 e. The molecule has 1 N–H and O–H groups in total. The molecule has 1 aromatic rings. The number of amides is 1. The van der Waals surface area contributed by atoms with Gasteiger partial charge in [-0.05, 0) is 65.9 Å². The maximum atomic E-state index is 13.9. The van der Waals surface area contributed by atoms with Crippen molar-refractivity contribution in [1.29, 1.82) is 0 Å². The molecule has 1 aromatic heterocycles. The number of nitrogens with zero attached hydrogens (tertiary/aromatic N) is 1. The molecule has 1 saturated carbocycles. The van der Waals surface area contributed by atoms with Crippen LogP contribution in [0, 0.1) is 23.2 Å². The molecule has 0 bridgehead atoms. The topological polar surface area (TPSA) is 76.1 Å². The van der Waals surface area contributed by atoms with E-state index < -0.39 is 11.8 Å². The quantitative estimate of drug-likeness (QED) is 0.443. The molecule has 2 fully saturated rings. The highest BCUT2D eigenvalue weighted by Crippen LogP contribution is 2.42. The van der Waals surface area contributed by atoms with Gasteiger partial charge in [-0.15, -0.1) is 11.3 Å². The van der Waals surface area contributed by atoms with Gasteiger partial charge < -0.3 is 19.5 Å². The van der Waals surface area contributed by atoms with Crippen LogP contribution in [0.5, 0.6) is 0 Å². The third-order valence-corrected chi connectivity index (χ3v) is 7.87. The average molecular weight is 486 g/mol. The number of anilines is 1. The molecule has 0 radical (unpaired) electrons. The van der Waals surface area contributed by atoms with Crippen LogP contribution in [0.2, 0.25) is 0 Å². The van der Waals surface area contributed by atoms with Crippen molar-refractivity contribution in [3.63, 3.8) is 0 Å². The van der Waals surface area contributed by atoms with E-state index in [9.17, 15) is 14.7 Å². The van der Waals surface area contributed by atoms with Crippen LogP contribution in [-0.4, -0.2) is 42.0 Å². The summed E-state index contributed by atoms with van der Waals surface area (Å²) in [5.41, 5.74) is 1.60. The van der Waals surface area contributed by atoms with Crippen LogP contribution in [0.3, 0.4) is 0 Å². The maximum absolute atomic E-state index is 13.9. The molecule has 34 heavy (non-hydrogen) atoms. The molecule has 1 spiro atoms. The summed E-state index contributed by atoms with van der Waals surface area (Å²) in [7, 11) is 0. The molecule has 3 aliphatic rings. The zero-order chi connectivity index (χ0) is 24.5. The third kappa shape index (κ3) is 5.56. The summed E-state index contributed by atoms with van der Waals surface area (Å²) in [5.74, 6) is 4.66. The second kappa shape index (κ2) is 9.85. The number of carboxylic acids is 1. The first-order valence-corrected chi connectivity index (χ1v) is 13.1. The zero-order valence-electron chi connectivity index (χ0n) is 20.6. The molecule has 6 nitrogen and oxygen atoms in total. The molecule has 1 saturated heterocycles. The number of allylic oxidation sites excluding steroid dienone is 2. The monoisotopic (exact) mass is 485 g/mol. The normalized spacial score (nSPS) is 22.7.